The number of rotatable bonds is 50. The zero-order valence-electron chi connectivity index (χ0n) is 43.0. The second kappa shape index (κ2) is 53.7. The first-order valence-electron chi connectivity index (χ1n) is 27.8. The van der Waals surface area contributed by atoms with Crippen molar-refractivity contribution in [2.75, 3.05) is 13.2 Å². The monoisotopic (exact) mass is 909 g/mol. The highest BCUT2D eigenvalue weighted by Gasteiger charge is 2.19. The number of allylic oxidation sites excluding steroid dienone is 10. The highest BCUT2D eigenvalue weighted by Crippen LogP contribution is 2.15. The molecular formula is C59H104O6. The lowest BCUT2D eigenvalue weighted by atomic mass is 10.1. The van der Waals surface area contributed by atoms with E-state index in [2.05, 4.69) is 81.5 Å². The Hall–Kier alpha value is -2.89. The molecule has 0 heterocycles. The fourth-order valence-corrected chi connectivity index (χ4v) is 7.77. The van der Waals surface area contributed by atoms with E-state index in [-0.39, 0.29) is 31.1 Å². The lowest BCUT2D eigenvalue weighted by Gasteiger charge is -2.18. The Morgan fingerprint density at radius 2 is 0.554 bits per heavy atom. The third-order valence-corrected chi connectivity index (χ3v) is 12.0. The van der Waals surface area contributed by atoms with Crippen LogP contribution >= 0.6 is 0 Å². The van der Waals surface area contributed by atoms with Crippen molar-refractivity contribution in [3.63, 3.8) is 0 Å². The molecule has 376 valence electrons. The van der Waals surface area contributed by atoms with Crippen LogP contribution < -0.4 is 0 Å². The minimum absolute atomic E-state index is 0.0806. The summed E-state index contributed by atoms with van der Waals surface area (Å²) < 4.78 is 16.8. The van der Waals surface area contributed by atoms with Crippen molar-refractivity contribution in [2.45, 2.75) is 284 Å². The Balaban J connectivity index is 4.29. The molecule has 0 aromatic carbocycles. The molecule has 0 fully saturated rings. The molecule has 1 unspecified atom stereocenters. The SMILES string of the molecule is CCCCCC/C=C\C/C=C\CCCCCCCCCC(=O)OC(COC(=O)CCCCCCCC/C=C\C/C=C\C/C=C\CCCCCCC)COC(=O)CCCCCCCCCC. The molecule has 0 rings (SSSR count). The fourth-order valence-electron chi connectivity index (χ4n) is 7.77. The van der Waals surface area contributed by atoms with E-state index in [4.69, 9.17) is 14.2 Å². The molecule has 0 bridgehead atoms. The first-order chi connectivity index (χ1) is 32.0. The van der Waals surface area contributed by atoms with E-state index in [1.807, 2.05) is 0 Å². The maximum Gasteiger partial charge on any atom is 0.306 e. The molecule has 0 radical (unpaired) electrons. The summed E-state index contributed by atoms with van der Waals surface area (Å²) in [5.74, 6) is -0.899. The third kappa shape index (κ3) is 51.9. The van der Waals surface area contributed by atoms with Gasteiger partial charge in [-0.05, 0) is 89.9 Å². The number of unbranched alkanes of at least 4 members (excludes halogenated alkanes) is 29. The molecule has 0 spiro atoms. The van der Waals surface area contributed by atoms with Crippen LogP contribution in [0, 0.1) is 0 Å². The van der Waals surface area contributed by atoms with Gasteiger partial charge in [-0.2, -0.15) is 0 Å². The largest absolute Gasteiger partial charge is 0.462 e. The van der Waals surface area contributed by atoms with E-state index < -0.39 is 6.10 Å². The van der Waals surface area contributed by atoms with Crippen molar-refractivity contribution in [1.82, 2.24) is 0 Å². The first kappa shape index (κ1) is 62.1. The van der Waals surface area contributed by atoms with Crippen LogP contribution in [0.25, 0.3) is 0 Å². The Morgan fingerprint density at radius 3 is 0.877 bits per heavy atom. The van der Waals surface area contributed by atoms with Crippen molar-refractivity contribution in [3.8, 4) is 0 Å². The van der Waals surface area contributed by atoms with Crippen LogP contribution in [0.5, 0.6) is 0 Å². The Kier molecular flexibility index (Phi) is 51.3. The van der Waals surface area contributed by atoms with E-state index >= 15 is 0 Å². The second-order valence-electron chi connectivity index (χ2n) is 18.5. The maximum atomic E-state index is 12.8. The Labute approximate surface area is 402 Å². The highest BCUT2D eigenvalue weighted by molar-refractivity contribution is 5.71. The molecule has 0 aromatic heterocycles. The molecule has 0 aromatic rings. The van der Waals surface area contributed by atoms with Crippen LogP contribution in [0.4, 0.5) is 0 Å². The van der Waals surface area contributed by atoms with Gasteiger partial charge >= 0.3 is 17.9 Å². The predicted octanol–water partition coefficient (Wildman–Crippen LogP) is 18.4. The van der Waals surface area contributed by atoms with E-state index in [1.54, 1.807) is 0 Å². The molecule has 65 heavy (non-hydrogen) atoms. The highest BCUT2D eigenvalue weighted by atomic mass is 16.6. The summed E-state index contributed by atoms with van der Waals surface area (Å²) >= 11 is 0. The zero-order chi connectivity index (χ0) is 47.2. The zero-order valence-corrected chi connectivity index (χ0v) is 43.0. The van der Waals surface area contributed by atoms with Gasteiger partial charge in [-0.25, -0.2) is 0 Å². The van der Waals surface area contributed by atoms with Gasteiger partial charge in [0.05, 0.1) is 0 Å². The average Bonchev–Trinajstić information content (AvgIpc) is 3.30. The normalized spacial score (nSPS) is 12.5. The van der Waals surface area contributed by atoms with Crippen LogP contribution in [-0.4, -0.2) is 37.2 Å². The summed E-state index contributed by atoms with van der Waals surface area (Å²) in [5, 5.41) is 0. The molecule has 0 aliphatic heterocycles. The van der Waals surface area contributed by atoms with Crippen molar-refractivity contribution in [1.29, 1.82) is 0 Å². The van der Waals surface area contributed by atoms with Crippen molar-refractivity contribution in [3.05, 3.63) is 60.8 Å². The minimum Gasteiger partial charge on any atom is -0.462 e. The molecule has 6 nitrogen and oxygen atoms in total. The lowest BCUT2D eigenvalue weighted by Crippen LogP contribution is -2.30. The lowest BCUT2D eigenvalue weighted by molar-refractivity contribution is -0.167. The van der Waals surface area contributed by atoms with Crippen molar-refractivity contribution in [2.24, 2.45) is 0 Å². The molecule has 0 N–H and O–H groups in total. The number of esters is 3. The number of carbonyl (C=O) groups is 3. The Morgan fingerprint density at radius 1 is 0.308 bits per heavy atom. The number of carbonyl (C=O) groups excluding carboxylic acids is 3. The van der Waals surface area contributed by atoms with Crippen molar-refractivity contribution < 1.29 is 28.6 Å². The molecule has 0 saturated heterocycles. The average molecular weight is 909 g/mol. The molecule has 0 aliphatic rings. The van der Waals surface area contributed by atoms with Gasteiger partial charge in [-0.1, -0.05) is 229 Å². The summed E-state index contributed by atoms with van der Waals surface area (Å²) in [5.41, 5.74) is 0. The van der Waals surface area contributed by atoms with Gasteiger partial charge in [0.1, 0.15) is 13.2 Å². The van der Waals surface area contributed by atoms with E-state index in [0.29, 0.717) is 19.3 Å². The Bertz CT molecular complexity index is 1180. The number of hydrogen-bond acceptors (Lipinski definition) is 6. The summed E-state index contributed by atoms with van der Waals surface area (Å²) in [6, 6.07) is 0. The van der Waals surface area contributed by atoms with Gasteiger partial charge in [0, 0.05) is 19.3 Å². The van der Waals surface area contributed by atoms with E-state index in [0.717, 1.165) is 89.9 Å². The van der Waals surface area contributed by atoms with Gasteiger partial charge in [-0.15, -0.1) is 0 Å². The standard InChI is InChI=1S/C59H104O6/c1-4-7-10-13-16-19-21-23-25-27-29-30-31-33-34-36-38-40-43-46-49-52-58(61)64-55-56(54-63-57(60)51-48-45-42-18-15-12-9-6-3)65-59(62)53-50-47-44-41-39-37-35-32-28-26-24-22-20-17-14-11-8-5-2/h20-23,26-29,31,33,56H,4-19,24-25,30,32,34-55H2,1-3H3/b22-20-,23-21-,28-26-,29-27-,33-31-. The summed E-state index contributed by atoms with van der Waals surface area (Å²) in [6.45, 7) is 6.58. The molecule has 0 aliphatic carbocycles. The van der Waals surface area contributed by atoms with Crippen LogP contribution in [0.15, 0.2) is 60.8 Å². The van der Waals surface area contributed by atoms with Crippen LogP contribution in [-0.2, 0) is 28.6 Å². The minimum atomic E-state index is -0.781. The first-order valence-corrected chi connectivity index (χ1v) is 27.8. The summed E-state index contributed by atoms with van der Waals surface area (Å²) in [7, 11) is 0. The number of hydrogen-bond donors (Lipinski definition) is 0. The molecule has 0 saturated carbocycles. The van der Waals surface area contributed by atoms with Crippen LogP contribution in [0.2, 0.25) is 0 Å². The van der Waals surface area contributed by atoms with Gasteiger partial charge in [-0.3, -0.25) is 14.4 Å². The van der Waals surface area contributed by atoms with Crippen LogP contribution in [0.3, 0.4) is 0 Å². The van der Waals surface area contributed by atoms with Gasteiger partial charge in [0.15, 0.2) is 6.10 Å². The molecule has 1 atom stereocenters. The molecule has 6 heteroatoms. The van der Waals surface area contributed by atoms with Gasteiger partial charge in [0.2, 0.25) is 0 Å². The second-order valence-corrected chi connectivity index (χ2v) is 18.5. The molecule has 0 amide bonds. The van der Waals surface area contributed by atoms with Gasteiger partial charge < -0.3 is 14.2 Å². The van der Waals surface area contributed by atoms with Gasteiger partial charge in [0.25, 0.3) is 0 Å². The molecular weight excluding hydrogens is 805 g/mol. The quantitative estimate of drug-likeness (QED) is 0.0262. The topological polar surface area (TPSA) is 78.9 Å². The number of ether oxygens (including phenoxy) is 3. The smallest absolute Gasteiger partial charge is 0.306 e. The predicted molar refractivity (Wildman–Crippen MR) is 279 cm³/mol. The van der Waals surface area contributed by atoms with E-state index in [9.17, 15) is 14.4 Å². The third-order valence-electron chi connectivity index (χ3n) is 12.0. The van der Waals surface area contributed by atoms with E-state index in [1.165, 1.54) is 148 Å². The van der Waals surface area contributed by atoms with Crippen LogP contribution in [0.1, 0.15) is 278 Å². The summed E-state index contributed by atoms with van der Waals surface area (Å²) in [6.07, 6.45) is 66.4. The fraction of sp³-hybridized carbons (Fsp3) is 0.780. The summed E-state index contributed by atoms with van der Waals surface area (Å²) in [4.78, 5) is 37.9. The van der Waals surface area contributed by atoms with Crippen molar-refractivity contribution >= 4 is 17.9 Å². The maximum absolute atomic E-state index is 12.8.